The lowest BCUT2D eigenvalue weighted by Gasteiger charge is -2.42. The zero-order valence-corrected chi connectivity index (χ0v) is 12.0. The van der Waals surface area contributed by atoms with E-state index in [1.165, 1.54) is 0 Å². The molecule has 5 nitrogen and oxygen atoms in total. The molecule has 1 aliphatic heterocycles. The average Bonchev–Trinajstić information content (AvgIpc) is 2.35. The van der Waals surface area contributed by atoms with Gasteiger partial charge >= 0.3 is 0 Å². The summed E-state index contributed by atoms with van der Waals surface area (Å²) in [5, 5.41) is 0. The molecule has 0 aromatic heterocycles. The van der Waals surface area contributed by atoms with E-state index in [-0.39, 0.29) is 24.2 Å². The summed E-state index contributed by atoms with van der Waals surface area (Å²) in [6.07, 6.45) is -0.0710. The Morgan fingerprint density at radius 1 is 1.45 bits per heavy atom. The number of rotatable bonds is 5. The van der Waals surface area contributed by atoms with Crippen molar-refractivity contribution in [1.29, 1.82) is 0 Å². The van der Waals surface area contributed by atoms with Crippen molar-refractivity contribution in [3.05, 3.63) is 30.3 Å². The topological polar surface area (TPSA) is 64.8 Å². The van der Waals surface area contributed by atoms with Crippen molar-refractivity contribution >= 4 is 5.91 Å². The number of carbonyl (C=O) groups is 1. The fourth-order valence-corrected chi connectivity index (χ4v) is 2.55. The van der Waals surface area contributed by atoms with Crippen molar-refractivity contribution in [2.45, 2.75) is 25.6 Å². The van der Waals surface area contributed by atoms with E-state index >= 15 is 0 Å². The van der Waals surface area contributed by atoms with Crippen LogP contribution in [0.2, 0.25) is 0 Å². The van der Waals surface area contributed by atoms with E-state index in [0.29, 0.717) is 19.7 Å². The molecule has 1 fully saturated rings. The third kappa shape index (κ3) is 4.51. The molecule has 0 saturated carbocycles. The van der Waals surface area contributed by atoms with Crippen LogP contribution < -0.4 is 10.5 Å². The Kier molecular flexibility index (Phi) is 4.62. The van der Waals surface area contributed by atoms with Crippen LogP contribution >= 0.6 is 0 Å². The number of nitrogens with zero attached hydrogens (tertiary/aromatic N) is 1. The van der Waals surface area contributed by atoms with Crippen LogP contribution in [-0.2, 0) is 9.53 Å². The highest BCUT2D eigenvalue weighted by molar-refractivity contribution is 5.75. The predicted octanol–water partition coefficient (Wildman–Crippen LogP) is 1.03. The number of carbonyl (C=O) groups excluding carboxylic acids is 1. The molecule has 2 rings (SSSR count). The van der Waals surface area contributed by atoms with Crippen LogP contribution in [0, 0.1) is 0 Å². The zero-order chi connectivity index (χ0) is 14.6. The molecule has 1 aromatic carbocycles. The molecule has 1 amide bonds. The van der Waals surface area contributed by atoms with Crippen LogP contribution in [0.1, 0.15) is 13.8 Å². The SMILES string of the molecule is CC1(C)CN(CC(N)=O)CC(COc2ccccc2)O1. The molecule has 110 valence electrons. The lowest BCUT2D eigenvalue weighted by atomic mass is 10.1. The first-order valence-electron chi connectivity index (χ1n) is 6.81. The molecule has 1 heterocycles. The van der Waals surface area contributed by atoms with E-state index in [1.54, 1.807) is 0 Å². The van der Waals surface area contributed by atoms with Gasteiger partial charge in [-0.1, -0.05) is 18.2 Å². The van der Waals surface area contributed by atoms with Crippen molar-refractivity contribution in [3.8, 4) is 5.75 Å². The van der Waals surface area contributed by atoms with E-state index in [4.69, 9.17) is 15.2 Å². The first-order valence-corrected chi connectivity index (χ1v) is 6.81. The lowest BCUT2D eigenvalue weighted by molar-refractivity contribution is -0.150. The minimum Gasteiger partial charge on any atom is -0.491 e. The molecule has 0 bridgehead atoms. The van der Waals surface area contributed by atoms with Crippen LogP contribution in [0.15, 0.2) is 30.3 Å². The van der Waals surface area contributed by atoms with Gasteiger partial charge < -0.3 is 15.2 Å². The number of benzene rings is 1. The van der Waals surface area contributed by atoms with Gasteiger partial charge in [0.05, 0.1) is 12.1 Å². The Bertz CT molecular complexity index is 448. The molecular weight excluding hydrogens is 256 g/mol. The molecule has 1 unspecified atom stereocenters. The van der Waals surface area contributed by atoms with Crippen molar-refractivity contribution < 1.29 is 14.3 Å². The van der Waals surface area contributed by atoms with Crippen molar-refractivity contribution in [2.75, 3.05) is 26.2 Å². The van der Waals surface area contributed by atoms with Crippen molar-refractivity contribution in [3.63, 3.8) is 0 Å². The molecule has 20 heavy (non-hydrogen) atoms. The Morgan fingerprint density at radius 2 is 2.15 bits per heavy atom. The largest absolute Gasteiger partial charge is 0.491 e. The highest BCUT2D eigenvalue weighted by atomic mass is 16.5. The molecule has 0 spiro atoms. The van der Waals surface area contributed by atoms with Gasteiger partial charge in [0.15, 0.2) is 0 Å². The maximum Gasteiger partial charge on any atom is 0.231 e. The highest BCUT2D eigenvalue weighted by Crippen LogP contribution is 2.21. The fraction of sp³-hybridized carbons (Fsp3) is 0.533. The second-order valence-electron chi connectivity index (χ2n) is 5.76. The fourth-order valence-electron chi connectivity index (χ4n) is 2.55. The number of hydrogen-bond acceptors (Lipinski definition) is 4. The first-order chi connectivity index (χ1) is 9.44. The van der Waals surface area contributed by atoms with Gasteiger partial charge in [0.1, 0.15) is 18.5 Å². The number of morpholine rings is 1. The number of ether oxygens (including phenoxy) is 2. The number of hydrogen-bond donors (Lipinski definition) is 1. The summed E-state index contributed by atoms with van der Waals surface area (Å²) in [4.78, 5) is 13.1. The third-order valence-corrected chi connectivity index (χ3v) is 3.11. The lowest BCUT2D eigenvalue weighted by Crippen LogP contribution is -2.55. The molecule has 0 aliphatic carbocycles. The van der Waals surface area contributed by atoms with Crippen molar-refractivity contribution in [1.82, 2.24) is 4.90 Å². The maximum atomic E-state index is 11.1. The van der Waals surface area contributed by atoms with Crippen LogP contribution in [0.25, 0.3) is 0 Å². The Hall–Kier alpha value is -1.59. The summed E-state index contributed by atoms with van der Waals surface area (Å²) < 4.78 is 11.7. The van der Waals surface area contributed by atoms with Gasteiger partial charge in [-0.05, 0) is 26.0 Å². The van der Waals surface area contributed by atoms with E-state index in [0.717, 1.165) is 5.75 Å². The maximum absolute atomic E-state index is 11.1. The molecule has 1 saturated heterocycles. The third-order valence-electron chi connectivity index (χ3n) is 3.11. The minimum atomic E-state index is -0.314. The summed E-state index contributed by atoms with van der Waals surface area (Å²) in [6, 6.07) is 9.63. The van der Waals surface area contributed by atoms with Gasteiger partial charge in [-0.2, -0.15) is 0 Å². The molecule has 1 aliphatic rings. The van der Waals surface area contributed by atoms with E-state index < -0.39 is 0 Å². The Labute approximate surface area is 119 Å². The van der Waals surface area contributed by atoms with Gasteiger partial charge in [-0.25, -0.2) is 0 Å². The Morgan fingerprint density at radius 3 is 2.80 bits per heavy atom. The van der Waals surface area contributed by atoms with E-state index in [2.05, 4.69) is 0 Å². The predicted molar refractivity (Wildman–Crippen MR) is 76.5 cm³/mol. The molecule has 5 heteroatoms. The first kappa shape index (κ1) is 14.8. The summed E-state index contributed by atoms with van der Waals surface area (Å²) in [7, 11) is 0. The molecule has 2 N–H and O–H groups in total. The zero-order valence-electron chi connectivity index (χ0n) is 12.0. The number of amides is 1. The summed E-state index contributed by atoms with van der Waals surface area (Å²) in [6.45, 7) is 6.08. The van der Waals surface area contributed by atoms with E-state index in [1.807, 2.05) is 49.1 Å². The van der Waals surface area contributed by atoms with Gasteiger partial charge in [-0.3, -0.25) is 9.69 Å². The number of para-hydroxylation sites is 1. The Balaban J connectivity index is 1.91. The van der Waals surface area contributed by atoms with Crippen LogP contribution in [-0.4, -0.2) is 48.8 Å². The van der Waals surface area contributed by atoms with Crippen LogP contribution in [0.4, 0.5) is 0 Å². The van der Waals surface area contributed by atoms with E-state index in [9.17, 15) is 4.79 Å². The smallest absolute Gasteiger partial charge is 0.231 e. The standard InChI is InChI=1S/C15H22N2O3/c1-15(2)11-17(9-14(16)18)8-13(20-15)10-19-12-6-4-3-5-7-12/h3-7,13H,8-11H2,1-2H3,(H2,16,18). The monoisotopic (exact) mass is 278 g/mol. The summed E-state index contributed by atoms with van der Waals surface area (Å²) in [5.74, 6) is 0.506. The highest BCUT2D eigenvalue weighted by Gasteiger charge is 2.34. The molecule has 0 radical (unpaired) electrons. The molecular formula is C15H22N2O3. The normalized spacial score (nSPS) is 22.4. The van der Waals surface area contributed by atoms with Crippen LogP contribution in [0.5, 0.6) is 5.75 Å². The number of nitrogens with two attached hydrogens (primary N) is 1. The van der Waals surface area contributed by atoms with Gasteiger partial charge in [0.25, 0.3) is 0 Å². The van der Waals surface area contributed by atoms with Gasteiger partial charge in [0, 0.05) is 13.1 Å². The summed E-state index contributed by atoms with van der Waals surface area (Å²) >= 11 is 0. The van der Waals surface area contributed by atoms with Crippen LogP contribution in [0.3, 0.4) is 0 Å². The van der Waals surface area contributed by atoms with Gasteiger partial charge in [0.2, 0.25) is 5.91 Å². The quantitative estimate of drug-likeness (QED) is 0.873. The van der Waals surface area contributed by atoms with Crippen molar-refractivity contribution in [2.24, 2.45) is 5.73 Å². The number of primary amides is 1. The second kappa shape index (κ2) is 6.24. The average molecular weight is 278 g/mol. The summed E-state index contributed by atoms with van der Waals surface area (Å²) in [5.41, 5.74) is 4.96. The van der Waals surface area contributed by atoms with Gasteiger partial charge in [-0.15, -0.1) is 0 Å². The molecule has 1 aromatic rings. The minimum absolute atomic E-state index is 0.0710. The molecule has 1 atom stereocenters. The second-order valence-corrected chi connectivity index (χ2v) is 5.76.